The Morgan fingerprint density at radius 2 is 0.745 bits per heavy atom. The molecule has 4 heteroatoms. The van der Waals surface area contributed by atoms with Gasteiger partial charge in [-0.15, -0.1) is 0 Å². The second kappa shape index (κ2) is 43.5. The molecule has 2 atom stereocenters. The van der Waals surface area contributed by atoms with Gasteiger partial charge in [-0.2, -0.15) is 0 Å². The van der Waals surface area contributed by atoms with Gasteiger partial charge in [-0.25, -0.2) is 0 Å². The second-order valence-corrected chi connectivity index (χ2v) is 16.2. The van der Waals surface area contributed by atoms with Crippen molar-refractivity contribution in [2.45, 2.75) is 276 Å². The van der Waals surface area contributed by atoms with Gasteiger partial charge in [0.05, 0.1) is 18.8 Å². The van der Waals surface area contributed by atoms with Crippen LogP contribution in [0.5, 0.6) is 0 Å². The number of amides is 1. The second-order valence-electron chi connectivity index (χ2n) is 16.2. The van der Waals surface area contributed by atoms with Gasteiger partial charge >= 0.3 is 0 Å². The van der Waals surface area contributed by atoms with Crippen molar-refractivity contribution in [3.05, 3.63) is 12.2 Å². The Morgan fingerprint density at radius 1 is 0.451 bits per heavy atom. The quantitative estimate of drug-likeness (QED) is 0.0434. The third-order valence-electron chi connectivity index (χ3n) is 11.0. The van der Waals surface area contributed by atoms with Crippen molar-refractivity contribution in [3.8, 4) is 0 Å². The molecule has 0 aliphatic heterocycles. The van der Waals surface area contributed by atoms with E-state index in [1.54, 1.807) is 0 Å². The summed E-state index contributed by atoms with van der Waals surface area (Å²) in [5, 5.41) is 23.2. The van der Waals surface area contributed by atoms with Crippen molar-refractivity contribution < 1.29 is 15.0 Å². The number of hydrogen-bond acceptors (Lipinski definition) is 3. The van der Waals surface area contributed by atoms with E-state index in [-0.39, 0.29) is 12.5 Å². The Labute approximate surface area is 320 Å². The molecule has 0 aromatic heterocycles. The molecule has 304 valence electrons. The van der Waals surface area contributed by atoms with Crippen LogP contribution in [0.25, 0.3) is 0 Å². The van der Waals surface area contributed by atoms with Crippen LogP contribution >= 0.6 is 0 Å². The number of aliphatic hydroxyl groups is 2. The average molecular weight is 720 g/mol. The normalized spacial score (nSPS) is 12.9. The van der Waals surface area contributed by atoms with Crippen molar-refractivity contribution in [1.29, 1.82) is 0 Å². The Hall–Kier alpha value is -0.870. The highest BCUT2D eigenvalue weighted by Gasteiger charge is 2.20. The Kier molecular flexibility index (Phi) is 42.8. The monoisotopic (exact) mass is 720 g/mol. The molecule has 2 unspecified atom stereocenters. The molecule has 0 aromatic rings. The first-order chi connectivity index (χ1) is 25.2. The number of hydrogen-bond donors (Lipinski definition) is 3. The summed E-state index contributed by atoms with van der Waals surface area (Å²) < 4.78 is 0. The Morgan fingerprint density at radius 3 is 1.08 bits per heavy atom. The summed E-state index contributed by atoms with van der Waals surface area (Å²) in [4.78, 5) is 12.4. The summed E-state index contributed by atoms with van der Waals surface area (Å²) in [6.07, 6.45) is 54.5. The minimum Gasteiger partial charge on any atom is -0.394 e. The van der Waals surface area contributed by atoms with E-state index < -0.39 is 12.1 Å². The molecule has 0 fully saturated rings. The molecule has 0 aliphatic rings. The maximum Gasteiger partial charge on any atom is 0.220 e. The van der Waals surface area contributed by atoms with E-state index in [0.29, 0.717) is 12.8 Å². The maximum atomic E-state index is 12.4. The van der Waals surface area contributed by atoms with Gasteiger partial charge in [0.2, 0.25) is 5.91 Å². The van der Waals surface area contributed by atoms with E-state index >= 15 is 0 Å². The van der Waals surface area contributed by atoms with Crippen LogP contribution in [0.15, 0.2) is 12.2 Å². The smallest absolute Gasteiger partial charge is 0.220 e. The Bertz CT molecular complexity index is 695. The van der Waals surface area contributed by atoms with E-state index in [1.807, 2.05) is 0 Å². The van der Waals surface area contributed by atoms with Crippen LogP contribution in [0.2, 0.25) is 0 Å². The lowest BCUT2D eigenvalue weighted by Crippen LogP contribution is -2.45. The van der Waals surface area contributed by atoms with Crippen molar-refractivity contribution in [2.75, 3.05) is 6.61 Å². The van der Waals surface area contributed by atoms with E-state index in [1.165, 1.54) is 212 Å². The minimum atomic E-state index is -0.659. The molecule has 0 heterocycles. The van der Waals surface area contributed by atoms with Crippen molar-refractivity contribution in [2.24, 2.45) is 0 Å². The van der Waals surface area contributed by atoms with E-state index in [9.17, 15) is 15.0 Å². The summed E-state index contributed by atoms with van der Waals surface area (Å²) in [5.74, 6) is -0.0372. The van der Waals surface area contributed by atoms with Crippen LogP contribution in [0, 0.1) is 0 Å². The number of carbonyl (C=O) groups excluding carboxylic acids is 1. The SMILES string of the molecule is CCCCCCC/C=C\CCCCCCCC(=O)NC(CO)C(O)CCCCCCCCCCCCCCCCCCCCCCCCCCC. The predicted octanol–water partition coefficient (Wildman–Crippen LogP) is 14.6. The van der Waals surface area contributed by atoms with Gasteiger partial charge < -0.3 is 15.5 Å². The lowest BCUT2D eigenvalue weighted by Gasteiger charge is -2.22. The summed E-state index contributed by atoms with van der Waals surface area (Å²) in [7, 11) is 0. The fraction of sp³-hybridized carbons (Fsp3) is 0.936. The molecule has 0 saturated carbocycles. The maximum absolute atomic E-state index is 12.4. The topological polar surface area (TPSA) is 69.6 Å². The number of rotatable bonds is 43. The fourth-order valence-corrected chi connectivity index (χ4v) is 7.42. The molecule has 0 rings (SSSR count). The number of aliphatic hydroxyl groups excluding tert-OH is 2. The standard InChI is InChI=1S/C47H93NO3/c1-3-5-7-9-11-13-15-17-19-20-21-22-23-24-25-26-27-28-29-30-32-34-36-38-40-42-46(50)45(44-49)48-47(51)43-41-39-37-35-33-31-18-16-14-12-10-8-6-4-2/h16,18,45-46,49-50H,3-15,17,19-44H2,1-2H3,(H,48,51)/b18-16-. The average Bonchev–Trinajstić information content (AvgIpc) is 3.13. The molecule has 4 nitrogen and oxygen atoms in total. The van der Waals surface area contributed by atoms with Crippen LogP contribution in [-0.2, 0) is 4.79 Å². The molecule has 0 spiro atoms. The summed E-state index contributed by atoms with van der Waals surface area (Å²) in [6, 6.07) is -0.537. The lowest BCUT2D eigenvalue weighted by molar-refractivity contribution is -0.123. The highest BCUT2D eigenvalue weighted by Crippen LogP contribution is 2.17. The van der Waals surface area contributed by atoms with Gasteiger partial charge in [0, 0.05) is 6.42 Å². The molecule has 51 heavy (non-hydrogen) atoms. The number of carbonyl (C=O) groups is 1. The van der Waals surface area contributed by atoms with Crippen LogP contribution in [0.3, 0.4) is 0 Å². The number of nitrogens with one attached hydrogen (secondary N) is 1. The third-order valence-corrected chi connectivity index (χ3v) is 11.0. The zero-order valence-electron chi connectivity index (χ0n) is 34.9. The molecule has 0 aromatic carbocycles. The van der Waals surface area contributed by atoms with Gasteiger partial charge in [0.25, 0.3) is 0 Å². The van der Waals surface area contributed by atoms with Gasteiger partial charge in [0.15, 0.2) is 0 Å². The van der Waals surface area contributed by atoms with Gasteiger partial charge in [-0.05, 0) is 38.5 Å². The molecular formula is C47H93NO3. The first-order valence-corrected chi connectivity index (χ1v) is 23.4. The van der Waals surface area contributed by atoms with Crippen LogP contribution in [0.1, 0.15) is 264 Å². The molecule has 0 saturated heterocycles. The molecule has 0 aliphatic carbocycles. The number of unbranched alkanes of at least 4 members (excludes halogenated alkanes) is 34. The minimum absolute atomic E-state index is 0.0372. The summed E-state index contributed by atoms with van der Waals surface area (Å²) >= 11 is 0. The fourth-order valence-electron chi connectivity index (χ4n) is 7.42. The van der Waals surface area contributed by atoms with Gasteiger partial charge in [0.1, 0.15) is 0 Å². The van der Waals surface area contributed by atoms with Crippen LogP contribution in [-0.4, -0.2) is 34.9 Å². The molecule has 1 amide bonds. The van der Waals surface area contributed by atoms with Crippen LogP contribution < -0.4 is 5.32 Å². The van der Waals surface area contributed by atoms with Gasteiger partial charge in [-0.1, -0.05) is 231 Å². The van der Waals surface area contributed by atoms with Crippen molar-refractivity contribution in [1.82, 2.24) is 5.32 Å². The largest absolute Gasteiger partial charge is 0.394 e. The molecular weight excluding hydrogens is 627 g/mol. The molecule has 0 bridgehead atoms. The van der Waals surface area contributed by atoms with E-state index in [0.717, 1.165) is 25.7 Å². The lowest BCUT2D eigenvalue weighted by atomic mass is 10.0. The van der Waals surface area contributed by atoms with Crippen LogP contribution in [0.4, 0.5) is 0 Å². The van der Waals surface area contributed by atoms with Gasteiger partial charge in [-0.3, -0.25) is 4.79 Å². The van der Waals surface area contributed by atoms with E-state index in [4.69, 9.17) is 0 Å². The molecule has 3 N–H and O–H groups in total. The highest BCUT2D eigenvalue weighted by molar-refractivity contribution is 5.76. The Balaban J connectivity index is 3.44. The zero-order chi connectivity index (χ0) is 37.1. The third kappa shape index (κ3) is 40.2. The first-order valence-electron chi connectivity index (χ1n) is 23.4. The highest BCUT2D eigenvalue weighted by atomic mass is 16.3. The predicted molar refractivity (Wildman–Crippen MR) is 226 cm³/mol. The first kappa shape index (κ1) is 50.1. The number of allylic oxidation sites excluding steroid dienone is 2. The van der Waals surface area contributed by atoms with Crippen molar-refractivity contribution in [3.63, 3.8) is 0 Å². The van der Waals surface area contributed by atoms with Crippen molar-refractivity contribution >= 4 is 5.91 Å². The van der Waals surface area contributed by atoms with E-state index in [2.05, 4.69) is 31.3 Å². The summed E-state index contributed by atoms with van der Waals surface area (Å²) in [5.41, 5.74) is 0. The summed E-state index contributed by atoms with van der Waals surface area (Å²) in [6.45, 7) is 4.36. The zero-order valence-corrected chi connectivity index (χ0v) is 34.9. The molecule has 0 radical (unpaired) electrons.